The number of aryl methyl sites for hydroxylation is 1. The molecule has 2 aromatic heterocycles. The van der Waals surface area contributed by atoms with Gasteiger partial charge in [-0.05, 0) is 23.9 Å². The SMILES string of the molecule is O=C(O)c1nnn(CCSC(F)(F)F)c1-c1ccncc1. The van der Waals surface area contributed by atoms with Gasteiger partial charge in [0, 0.05) is 23.7 Å². The first-order valence-electron chi connectivity index (χ1n) is 5.66. The van der Waals surface area contributed by atoms with Gasteiger partial charge < -0.3 is 5.11 Å². The Balaban J connectivity index is 2.28. The van der Waals surface area contributed by atoms with Crippen LogP contribution in [0, 0.1) is 0 Å². The number of alkyl halides is 3. The van der Waals surface area contributed by atoms with Gasteiger partial charge >= 0.3 is 11.5 Å². The fraction of sp³-hybridized carbons (Fsp3) is 0.273. The summed E-state index contributed by atoms with van der Waals surface area (Å²) in [5, 5.41) is 16.2. The smallest absolute Gasteiger partial charge is 0.441 e. The number of carbonyl (C=O) groups is 1. The minimum atomic E-state index is -4.34. The maximum absolute atomic E-state index is 12.1. The Morgan fingerprint density at radius 2 is 2.00 bits per heavy atom. The number of nitrogens with zero attached hydrogens (tertiary/aromatic N) is 4. The summed E-state index contributed by atoms with van der Waals surface area (Å²) >= 11 is -0.198. The molecule has 0 aliphatic rings. The van der Waals surface area contributed by atoms with Gasteiger partial charge in [0.2, 0.25) is 0 Å². The standard InChI is InChI=1S/C11H9F3N4O2S/c12-11(13,14)21-6-5-18-9(7-1-3-15-4-2-7)8(10(19)20)16-17-18/h1-4H,5-6H2,(H,19,20). The van der Waals surface area contributed by atoms with Crippen LogP contribution >= 0.6 is 11.8 Å². The van der Waals surface area contributed by atoms with E-state index in [0.29, 0.717) is 5.56 Å². The predicted molar refractivity (Wildman–Crippen MR) is 68.7 cm³/mol. The zero-order chi connectivity index (χ0) is 15.5. The lowest BCUT2D eigenvalue weighted by molar-refractivity contribution is -0.0328. The van der Waals surface area contributed by atoms with Crippen LogP contribution in [0.2, 0.25) is 0 Å². The molecule has 0 atom stereocenters. The van der Waals surface area contributed by atoms with Gasteiger partial charge in [-0.25, -0.2) is 9.48 Å². The van der Waals surface area contributed by atoms with E-state index in [4.69, 9.17) is 5.11 Å². The normalized spacial score (nSPS) is 11.6. The van der Waals surface area contributed by atoms with Crippen LogP contribution in [0.15, 0.2) is 24.5 Å². The second kappa shape index (κ2) is 6.12. The molecule has 0 unspecified atom stereocenters. The fourth-order valence-corrected chi connectivity index (χ4v) is 2.15. The van der Waals surface area contributed by atoms with Crippen molar-refractivity contribution in [3.05, 3.63) is 30.2 Å². The van der Waals surface area contributed by atoms with Crippen LogP contribution in [0.1, 0.15) is 10.5 Å². The zero-order valence-corrected chi connectivity index (χ0v) is 11.2. The molecule has 2 aromatic rings. The molecule has 0 spiro atoms. The van der Waals surface area contributed by atoms with Gasteiger partial charge in [0.05, 0.1) is 6.54 Å². The number of carboxylic acids is 1. The summed E-state index contributed by atoms with van der Waals surface area (Å²) in [4.78, 5) is 14.9. The second-order valence-electron chi connectivity index (χ2n) is 3.85. The molecule has 6 nitrogen and oxygen atoms in total. The molecule has 0 saturated heterocycles. The maximum atomic E-state index is 12.1. The summed E-state index contributed by atoms with van der Waals surface area (Å²) in [5.41, 5.74) is -4.01. The van der Waals surface area contributed by atoms with Crippen molar-refractivity contribution in [2.75, 3.05) is 5.75 Å². The Bertz CT molecular complexity index is 630. The van der Waals surface area contributed by atoms with Gasteiger partial charge in [0.25, 0.3) is 0 Å². The van der Waals surface area contributed by atoms with E-state index in [0.717, 1.165) is 4.68 Å². The van der Waals surface area contributed by atoms with E-state index in [2.05, 4.69) is 15.3 Å². The van der Waals surface area contributed by atoms with Crippen LogP contribution in [-0.4, -0.2) is 42.3 Å². The summed E-state index contributed by atoms with van der Waals surface area (Å²) in [6.45, 7) is -0.109. The molecule has 0 saturated carbocycles. The number of aromatic carboxylic acids is 1. The van der Waals surface area contributed by atoms with Crippen molar-refractivity contribution in [1.82, 2.24) is 20.0 Å². The zero-order valence-electron chi connectivity index (χ0n) is 10.4. The van der Waals surface area contributed by atoms with Crippen LogP contribution in [0.3, 0.4) is 0 Å². The van der Waals surface area contributed by atoms with Crippen LogP contribution < -0.4 is 0 Å². The Kier molecular flexibility index (Phi) is 4.46. The van der Waals surface area contributed by atoms with E-state index in [1.807, 2.05) is 0 Å². The van der Waals surface area contributed by atoms with Gasteiger partial charge in [-0.15, -0.1) is 5.10 Å². The molecule has 0 aliphatic carbocycles. The lowest BCUT2D eigenvalue weighted by Crippen LogP contribution is -2.10. The molecule has 0 aromatic carbocycles. The van der Waals surface area contributed by atoms with Crippen molar-refractivity contribution in [2.24, 2.45) is 0 Å². The van der Waals surface area contributed by atoms with Crippen molar-refractivity contribution in [3.8, 4) is 11.3 Å². The average molecular weight is 318 g/mol. The molecule has 21 heavy (non-hydrogen) atoms. The summed E-state index contributed by atoms with van der Waals surface area (Å²) < 4.78 is 37.5. The van der Waals surface area contributed by atoms with Crippen molar-refractivity contribution in [1.29, 1.82) is 0 Å². The summed E-state index contributed by atoms with van der Waals surface area (Å²) in [6.07, 6.45) is 2.89. The molecule has 112 valence electrons. The second-order valence-corrected chi connectivity index (χ2v) is 5.00. The fourth-order valence-electron chi connectivity index (χ4n) is 1.66. The Morgan fingerprint density at radius 1 is 1.33 bits per heavy atom. The minimum Gasteiger partial charge on any atom is -0.476 e. The molecule has 2 rings (SSSR count). The monoisotopic (exact) mass is 318 g/mol. The highest BCUT2D eigenvalue weighted by Gasteiger charge is 2.28. The number of halogens is 3. The number of aromatic nitrogens is 4. The Labute approximate surface area is 121 Å². The van der Waals surface area contributed by atoms with Crippen LogP contribution in [0.5, 0.6) is 0 Å². The largest absolute Gasteiger partial charge is 0.476 e. The quantitative estimate of drug-likeness (QED) is 0.911. The molecule has 10 heteroatoms. The van der Waals surface area contributed by atoms with E-state index < -0.39 is 11.5 Å². The summed E-state index contributed by atoms with van der Waals surface area (Å²) in [5.74, 6) is -1.58. The first-order valence-corrected chi connectivity index (χ1v) is 6.65. The molecule has 2 heterocycles. The maximum Gasteiger partial charge on any atom is 0.441 e. The highest BCUT2D eigenvalue weighted by molar-refractivity contribution is 8.00. The minimum absolute atomic E-state index is 0.109. The van der Waals surface area contributed by atoms with Crippen LogP contribution in [0.4, 0.5) is 13.2 Å². The van der Waals surface area contributed by atoms with Gasteiger partial charge in [0.1, 0.15) is 5.69 Å². The van der Waals surface area contributed by atoms with Crippen molar-refractivity contribution < 1.29 is 23.1 Å². The van der Waals surface area contributed by atoms with E-state index in [-0.39, 0.29) is 35.4 Å². The molecular weight excluding hydrogens is 309 g/mol. The van der Waals surface area contributed by atoms with Crippen molar-refractivity contribution in [2.45, 2.75) is 12.1 Å². The van der Waals surface area contributed by atoms with Crippen molar-refractivity contribution in [3.63, 3.8) is 0 Å². The third-order valence-corrected chi connectivity index (χ3v) is 3.17. The lowest BCUT2D eigenvalue weighted by atomic mass is 10.1. The number of hydrogen-bond donors (Lipinski definition) is 1. The van der Waals surface area contributed by atoms with E-state index in [1.165, 1.54) is 12.4 Å². The summed E-state index contributed by atoms with van der Waals surface area (Å²) in [7, 11) is 0. The van der Waals surface area contributed by atoms with E-state index >= 15 is 0 Å². The number of thioether (sulfide) groups is 1. The Morgan fingerprint density at radius 3 is 2.57 bits per heavy atom. The third-order valence-electron chi connectivity index (χ3n) is 2.46. The summed E-state index contributed by atoms with van der Waals surface area (Å²) in [6, 6.07) is 3.08. The molecular formula is C11H9F3N4O2S. The number of hydrogen-bond acceptors (Lipinski definition) is 5. The van der Waals surface area contributed by atoms with Crippen LogP contribution in [0.25, 0.3) is 11.3 Å². The van der Waals surface area contributed by atoms with Gasteiger partial charge in [-0.1, -0.05) is 5.21 Å². The first-order chi connectivity index (χ1) is 9.88. The highest BCUT2D eigenvalue weighted by Crippen LogP contribution is 2.30. The van der Waals surface area contributed by atoms with Crippen LogP contribution in [-0.2, 0) is 6.54 Å². The molecule has 0 bridgehead atoms. The number of pyridine rings is 1. The molecule has 0 radical (unpaired) electrons. The van der Waals surface area contributed by atoms with E-state index in [1.54, 1.807) is 12.1 Å². The third kappa shape index (κ3) is 3.94. The van der Waals surface area contributed by atoms with Gasteiger partial charge in [-0.2, -0.15) is 13.2 Å². The lowest BCUT2D eigenvalue weighted by Gasteiger charge is -2.08. The number of rotatable bonds is 5. The topological polar surface area (TPSA) is 80.9 Å². The number of carboxylic acid groups (broad SMARTS) is 1. The van der Waals surface area contributed by atoms with E-state index in [9.17, 15) is 18.0 Å². The molecule has 0 amide bonds. The van der Waals surface area contributed by atoms with Crippen molar-refractivity contribution >= 4 is 17.7 Å². The predicted octanol–water partition coefficient (Wildman–Crippen LogP) is 2.29. The Hall–Kier alpha value is -2.10. The highest BCUT2D eigenvalue weighted by atomic mass is 32.2. The van der Waals surface area contributed by atoms with Gasteiger partial charge in [0.15, 0.2) is 5.69 Å². The van der Waals surface area contributed by atoms with Gasteiger partial charge in [-0.3, -0.25) is 4.98 Å². The molecule has 0 fully saturated rings. The average Bonchev–Trinajstić information content (AvgIpc) is 2.82. The molecule has 0 aliphatic heterocycles. The molecule has 1 N–H and O–H groups in total. The first kappa shape index (κ1) is 15.3.